The molecular formula is C18H12BrCl. The van der Waals surface area contributed by atoms with Crippen molar-refractivity contribution in [3.05, 3.63) is 82.3 Å². The number of rotatable bonds is 2. The van der Waals surface area contributed by atoms with E-state index in [2.05, 4.69) is 70.5 Å². The van der Waals surface area contributed by atoms with Crippen LogP contribution in [0.1, 0.15) is 0 Å². The van der Waals surface area contributed by atoms with Crippen molar-refractivity contribution >= 4 is 27.5 Å². The highest BCUT2D eigenvalue weighted by atomic mass is 79.9. The first kappa shape index (κ1) is 13.4. The molecule has 0 heterocycles. The second-order valence-corrected chi connectivity index (χ2v) is 5.80. The average molecular weight is 344 g/mol. The Kier molecular flexibility index (Phi) is 3.90. The highest BCUT2D eigenvalue weighted by molar-refractivity contribution is 9.10. The molecule has 0 radical (unpaired) electrons. The van der Waals surface area contributed by atoms with E-state index in [4.69, 9.17) is 11.6 Å². The maximum absolute atomic E-state index is 6.22. The molecule has 0 unspecified atom stereocenters. The van der Waals surface area contributed by atoms with Crippen molar-refractivity contribution in [1.29, 1.82) is 0 Å². The van der Waals surface area contributed by atoms with Crippen LogP contribution in [0.2, 0.25) is 5.02 Å². The SMILES string of the molecule is Clc1cc(-c2ccccc2-c2ccccc2)ccc1Br. The molecule has 0 saturated heterocycles. The van der Waals surface area contributed by atoms with Gasteiger partial charge < -0.3 is 0 Å². The summed E-state index contributed by atoms with van der Waals surface area (Å²) in [6, 6.07) is 24.8. The van der Waals surface area contributed by atoms with E-state index in [-0.39, 0.29) is 0 Å². The summed E-state index contributed by atoms with van der Waals surface area (Å²) in [6.45, 7) is 0. The van der Waals surface area contributed by atoms with E-state index in [0.29, 0.717) is 0 Å². The van der Waals surface area contributed by atoms with Crippen LogP contribution in [0.5, 0.6) is 0 Å². The average Bonchev–Trinajstić information content (AvgIpc) is 2.51. The van der Waals surface area contributed by atoms with E-state index < -0.39 is 0 Å². The minimum Gasteiger partial charge on any atom is -0.0831 e. The minimum absolute atomic E-state index is 0.727. The van der Waals surface area contributed by atoms with E-state index in [0.717, 1.165) is 15.1 Å². The van der Waals surface area contributed by atoms with E-state index in [9.17, 15) is 0 Å². The molecule has 3 aromatic rings. The Balaban J connectivity index is 2.17. The van der Waals surface area contributed by atoms with Gasteiger partial charge in [-0.3, -0.25) is 0 Å². The summed E-state index contributed by atoms with van der Waals surface area (Å²) in [7, 11) is 0. The Morgan fingerprint density at radius 3 is 1.90 bits per heavy atom. The fourth-order valence-corrected chi connectivity index (χ4v) is 2.70. The largest absolute Gasteiger partial charge is 0.0831 e. The van der Waals surface area contributed by atoms with Crippen LogP contribution in [0.25, 0.3) is 22.3 Å². The third kappa shape index (κ3) is 2.65. The van der Waals surface area contributed by atoms with E-state index in [1.165, 1.54) is 16.7 Å². The summed E-state index contributed by atoms with van der Waals surface area (Å²) in [5.41, 5.74) is 4.74. The first-order valence-corrected chi connectivity index (χ1v) is 7.52. The molecule has 0 aliphatic carbocycles. The fraction of sp³-hybridized carbons (Fsp3) is 0. The Morgan fingerprint density at radius 1 is 0.650 bits per heavy atom. The van der Waals surface area contributed by atoms with Gasteiger partial charge in [0.05, 0.1) is 5.02 Å². The molecule has 0 N–H and O–H groups in total. The lowest BCUT2D eigenvalue weighted by molar-refractivity contribution is 1.57. The van der Waals surface area contributed by atoms with Crippen LogP contribution in [0.3, 0.4) is 0 Å². The van der Waals surface area contributed by atoms with Gasteiger partial charge in [-0.15, -0.1) is 0 Å². The summed E-state index contributed by atoms with van der Waals surface area (Å²) < 4.78 is 0.917. The second kappa shape index (κ2) is 5.82. The van der Waals surface area contributed by atoms with Crippen molar-refractivity contribution < 1.29 is 0 Å². The molecule has 98 valence electrons. The van der Waals surface area contributed by atoms with Crippen LogP contribution in [0.4, 0.5) is 0 Å². The zero-order chi connectivity index (χ0) is 13.9. The number of halogens is 2. The number of benzene rings is 3. The lowest BCUT2D eigenvalue weighted by atomic mass is 9.95. The van der Waals surface area contributed by atoms with Gasteiger partial charge in [0.25, 0.3) is 0 Å². The standard InChI is InChI=1S/C18H12BrCl/c19-17-11-10-14(12-18(17)20)16-9-5-4-8-15(16)13-6-2-1-3-7-13/h1-12H. The van der Waals surface area contributed by atoms with Gasteiger partial charge in [-0.2, -0.15) is 0 Å². The highest BCUT2D eigenvalue weighted by Crippen LogP contribution is 2.34. The van der Waals surface area contributed by atoms with Crippen LogP contribution in [-0.4, -0.2) is 0 Å². The molecular weight excluding hydrogens is 332 g/mol. The summed E-state index contributed by atoms with van der Waals surface area (Å²) in [5.74, 6) is 0. The van der Waals surface area contributed by atoms with Crippen molar-refractivity contribution in [2.45, 2.75) is 0 Å². The predicted octanol–water partition coefficient (Wildman–Crippen LogP) is 6.44. The van der Waals surface area contributed by atoms with Crippen molar-refractivity contribution in [2.75, 3.05) is 0 Å². The van der Waals surface area contributed by atoms with Crippen LogP contribution in [0, 0.1) is 0 Å². The number of hydrogen-bond donors (Lipinski definition) is 0. The molecule has 0 spiro atoms. The van der Waals surface area contributed by atoms with Gasteiger partial charge in [0.15, 0.2) is 0 Å². The van der Waals surface area contributed by atoms with Gasteiger partial charge in [-0.05, 0) is 50.3 Å². The smallest absolute Gasteiger partial charge is 0.0554 e. The Hall–Kier alpha value is -1.57. The van der Waals surface area contributed by atoms with Gasteiger partial charge >= 0.3 is 0 Å². The number of hydrogen-bond acceptors (Lipinski definition) is 0. The molecule has 0 amide bonds. The van der Waals surface area contributed by atoms with Crippen molar-refractivity contribution in [3.63, 3.8) is 0 Å². The third-order valence-corrected chi connectivity index (χ3v) is 4.47. The quantitative estimate of drug-likeness (QED) is 0.502. The van der Waals surface area contributed by atoms with Gasteiger partial charge in [-0.1, -0.05) is 72.3 Å². The third-order valence-electron chi connectivity index (χ3n) is 3.24. The summed E-state index contributed by atoms with van der Waals surface area (Å²) in [4.78, 5) is 0. The zero-order valence-electron chi connectivity index (χ0n) is 10.7. The van der Waals surface area contributed by atoms with Gasteiger partial charge in [0, 0.05) is 4.47 Å². The summed E-state index contributed by atoms with van der Waals surface area (Å²) >= 11 is 9.65. The van der Waals surface area contributed by atoms with Crippen LogP contribution >= 0.6 is 27.5 Å². The van der Waals surface area contributed by atoms with Crippen LogP contribution in [-0.2, 0) is 0 Å². The molecule has 3 rings (SSSR count). The molecule has 20 heavy (non-hydrogen) atoms. The van der Waals surface area contributed by atoms with Crippen LogP contribution < -0.4 is 0 Å². The molecule has 0 bridgehead atoms. The van der Waals surface area contributed by atoms with Gasteiger partial charge in [0.1, 0.15) is 0 Å². The first-order valence-electron chi connectivity index (χ1n) is 6.35. The zero-order valence-corrected chi connectivity index (χ0v) is 13.0. The van der Waals surface area contributed by atoms with Gasteiger partial charge in [-0.25, -0.2) is 0 Å². The molecule has 0 aromatic heterocycles. The molecule has 0 fully saturated rings. The van der Waals surface area contributed by atoms with Crippen LogP contribution in [0.15, 0.2) is 77.3 Å². The molecule has 0 atom stereocenters. The van der Waals surface area contributed by atoms with Crippen molar-refractivity contribution in [2.24, 2.45) is 0 Å². The topological polar surface area (TPSA) is 0 Å². The summed E-state index contributed by atoms with van der Waals surface area (Å²) in [6.07, 6.45) is 0. The Bertz CT molecular complexity index is 735. The molecule has 0 saturated carbocycles. The predicted molar refractivity (Wildman–Crippen MR) is 90.0 cm³/mol. The molecule has 0 aliphatic rings. The van der Waals surface area contributed by atoms with E-state index in [1.807, 2.05) is 18.2 Å². The second-order valence-electron chi connectivity index (χ2n) is 4.54. The van der Waals surface area contributed by atoms with Crippen molar-refractivity contribution in [1.82, 2.24) is 0 Å². The molecule has 2 heteroatoms. The molecule has 0 nitrogen and oxygen atoms in total. The maximum Gasteiger partial charge on any atom is 0.0554 e. The summed E-state index contributed by atoms with van der Waals surface area (Å²) in [5, 5.41) is 0.727. The van der Waals surface area contributed by atoms with Gasteiger partial charge in [0.2, 0.25) is 0 Å². The normalized spacial score (nSPS) is 10.5. The minimum atomic E-state index is 0.727. The fourth-order valence-electron chi connectivity index (χ4n) is 2.27. The van der Waals surface area contributed by atoms with E-state index in [1.54, 1.807) is 0 Å². The van der Waals surface area contributed by atoms with Crippen molar-refractivity contribution in [3.8, 4) is 22.3 Å². The lowest BCUT2D eigenvalue weighted by Crippen LogP contribution is -1.85. The molecule has 0 aliphatic heterocycles. The first-order chi connectivity index (χ1) is 9.75. The monoisotopic (exact) mass is 342 g/mol. The highest BCUT2D eigenvalue weighted by Gasteiger charge is 2.08. The molecule has 3 aromatic carbocycles. The Labute approximate surface area is 132 Å². The Morgan fingerprint density at radius 2 is 1.25 bits per heavy atom. The van der Waals surface area contributed by atoms with E-state index >= 15 is 0 Å². The maximum atomic E-state index is 6.22. The lowest BCUT2D eigenvalue weighted by Gasteiger charge is -2.11.